The Labute approximate surface area is 203 Å². The van der Waals surface area contributed by atoms with Crippen molar-refractivity contribution in [1.82, 2.24) is 19.5 Å². The van der Waals surface area contributed by atoms with E-state index >= 15 is 0 Å². The molecule has 1 fully saturated rings. The summed E-state index contributed by atoms with van der Waals surface area (Å²) in [4.78, 5) is 21.3. The van der Waals surface area contributed by atoms with Crippen LogP contribution in [0.25, 0.3) is 16.9 Å². The lowest BCUT2D eigenvalue weighted by Crippen LogP contribution is -2.48. The summed E-state index contributed by atoms with van der Waals surface area (Å²) in [5.41, 5.74) is 1.91. The van der Waals surface area contributed by atoms with Crippen molar-refractivity contribution in [3.05, 3.63) is 82.9 Å². The van der Waals surface area contributed by atoms with E-state index in [2.05, 4.69) is 10.1 Å². The van der Waals surface area contributed by atoms with Crippen molar-refractivity contribution in [2.45, 2.75) is 19.0 Å². The summed E-state index contributed by atoms with van der Waals surface area (Å²) in [7, 11) is 0. The van der Waals surface area contributed by atoms with Crippen LogP contribution in [0.1, 0.15) is 27.3 Å². The molecule has 36 heavy (non-hydrogen) atoms. The summed E-state index contributed by atoms with van der Waals surface area (Å²) >= 11 is 0. The lowest BCUT2D eigenvalue weighted by Gasteiger charge is -2.35. The molecular weight excluding hydrogens is 474 g/mol. The minimum atomic E-state index is -4.66. The van der Waals surface area contributed by atoms with Crippen molar-refractivity contribution in [3.8, 4) is 11.3 Å². The second-order valence-corrected chi connectivity index (χ2v) is 9.00. The molecule has 2 aliphatic rings. The number of benzene rings is 2. The van der Waals surface area contributed by atoms with Crippen LogP contribution in [-0.4, -0.2) is 51.6 Å². The normalized spacial score (nSPS) is 15.7. The summed E-state index contributed by atoms with van der Waals surface area (Å²) < 4.78 is 56.8. The van der Waals surface area contributed by atoms with Gasteiger partial charge in [0, 0.05) is 49.1 Å². The maximum absolute atomic E-state index is 14.3. The number of nitrogens with zero attached hydrogens (tertiary/aromatic N) is 5. The zero-order valence-electron chi connectivity index (χ0n) is 19.1. The van der Waals surface area contributed by atoms with Crippen LogP contribution in [0.15, 0.2) is 54.6 Å². The molecular formula is C26H21F4N5O. The van der Waals surface area contributed by atoms with Gasteiger partial charge >= 0.3 is 6.18 Å². The van der Waals surface area contributed by atoms with Gasteiger partial charge in [0.2, 0.25) is 0 Å². The molecule has 0 bridgehead atoms. The van der Waals surface area contributed by atoms with E-state index in [4.69, 9.17) is 0 Å². The van der Waals surface area contributed by atoms with E-state index < -0.39 is 17.8 Å². The number of rotatable bonds is 2. The second-order valence-electron chi connectivity index (χ2n) is 9.00. The molecule has 1 aliphatic heterocycles. The van der Waals surface area contributed by atoms with Crippen LogP contribution in [0.3, 0.4) is 0 Å². The standard InChI is InChI=1S/C26H21F4N5O/c27-17-6-8-18(9-7-17)33-11-13-34(14-12-33)25(36)21-15-22-31-23-19-4-2-1-3-16(19)5-10-20(23)24(26(28,29)30)35(22)32-21/h1-4,6-9,15H,5,10-14H2. The van der Waals surface area contributed by atoms with Crippen molar-refractivity contribution in [3.63, 3.8) is 0 Å². The molecule has 1 amide bonds. The number of anilines is 1. The van der Waals surface area contributed by atoms with Gasteiger partial charge in [0.1, 0.15) is 5.82 Å². The van der Waals surface area contributed by atoms with Crippen LogP contribution in [-0.2, 0) is 19.0 Å². The predicted molar refractivity (Wildman–Crippen MR) is 125 cm³/mol. The fraction of sp³-hybridized carbons (Fsp3) is 0.269. The second kappa shape index (κ2) is 8.32. The molecule has 2 aromatic heterocycles. The van der Waals surface area contributed by atoms with E-state index in [0.717, 1.165) is 15.8 Å². The van der Waals surface area contributed by atoms with Crippen molar-refractivity contribution in [2.24, 2.45) is 0 Å². The van der Waals surface area contributed by atoms with E-state index in [1.807, 2.05) is 17.0 Å². The number of carbonyl (C=O) groups is 1. The third-order valence-corrected chi connectivity index (χ3v) is 6.86. The number of alkyl halides is 3. The molecule has 3 heterocycles. The Kier molecular flexibility index (Phi) is 5.20. The average Bonchev–Trinajstić information content (AvgIpc) is 3.30. The molecule has 10 heteroatoms. The smallest absolute Gasteiger partial charge is 0.368 e. The van der Waals surface area contributed by atoms with Gasteiger partial charge in [-0.1, -0.05) is 24.3 Å². The molecule has 6 nitrogen and oxygen atoms in total. The van der Waals surface area contributed by atoms with Gasteiger partial charge in [-0.05, 0) is 42.7 Å². The maximum Gasteiger partial charge on any atom is 0.433 e. The summed E-state index contributed by atoms with van der Waals surface area (Å²) in [6.07, 6.45) is -3.99. The van der Waals surface area contributed by atoms with Gasteiger partial charge in [-0.2, -0.15) is 18.3 Å². The first kappa shape index (κ1) is 22.5. The van der Waals surface area contributed by atoms with E-state index in [1.54, 1.807) is 29.2 Å². The minimum absolute atomic E-state index is 0.00826. The van der Waals surface area contributed by atoms with E-state index in [-0.39, 0.29) is 29.1 Å². The van der Waals surface area contributed by atoms with Crippen LogP contribution >= 0.6 is 0 Å². The summed E-state index contributed by atoms with van der Waals surface area (Å²) in [6, 6.07) is 14.8. The molecule has 0 unspecified atom stereocenters. The first-order valence-corrected chi connectivity index (χ1v) is 11.7. The number of aryl methyl sites for hydroxylation is 1. The van der Waals surface area contributed by atoms with Gasteiger partial charge in [-0.15, -0.1) is 0 Å². The van der Waals surface area contributed by atoms with Crippen LogP contribution in [0.5, 0.6) is 0 Å². The Morgan fingerprint density at radius 1 is 0.917 bits per heavy atom. The highest BCUT2D eigenvalue weighted by Gasteiger charge is 2.40. The summed E-state index contributed by atoms with van der Waals surface area (Å²) in [6.45, 7) is 1.77. The molecule has 0 N–H and O–H groups in total. The summed E-state index contributed by atoms with van der Waals surface area (Å²) in [5, 5.41) is 4.09. The molecule has 0 radical (unpaired) electrons. The summed E-state index contributed by atoms with van der Waals surface area (Å²) in [5.74, 6) is -0.762. The van der Waals surface area contributed by atoms with E-state index in [9.17, 15) is 22.4 Å². The Hall–Kier alpha value is -3.95. The number of piperazine rings is 1. The number of hydrogen-bond donors (Lipinski definition) is 0. The van der Waals surface area contributed by atoms with E-state index in [0.29, 0.717) is 43.9 Å². The molecule has 4 aromatic rings. The first-order chi connectivity index (χ1) is 17.3. The Morgan fingerprint density at radius 3 is 2.36 bits per heavy atom. The van der Waals surface area contributed by atoms with Crippen LogP contribution in [0.4, 0.5) is 23.2 Å². The van der Waals surface area contributed by atoms with Crippen molar-refractivity contribution >= 4 is 17.2 Å². The fourth-order valence-electron chi connectivity index (χ4n) is 5.10. The Balaban J connectivity index is 1.33. The van der Waals surface area contributed by atoms with Crippen LogP contribution in [0.2, 0.25) is 0 Å². The predicted octanol–water partition coefficient (Wildman–Crippen LogP) is 4.62. The highest BCUT2D eigenvalue weighted by atomic mass is 19.4. The number of halogens is 4. The lowest BCUT2D eigenvalue weighted by atomic mass is 9.88. The van der Waals surface area contributed by atoms with Crippen LogP contribution < -0.4 is 4.90 Å². The van der Waals surface area contributed by atoms with Crippen molar-refractivity contribution in [2.75, 3.05) is 31.1 Å². The van der Waals surface area contributed by atoms with Gasteiger partial charge in [-0.25, -0.2) is 13.9 Å². The molecule has 1 aliphatic carbocycles. The highest BCUT2D eigenvalue weighted by molar-refractivity contribution is 5.93. The largest absolute Gasteiger partial charge is 0.433 e. The molecule has 0 saturated carbocycles. The number of amides is 1. The van der Waals surface area contributed by atoms with Gasteiger partial charge in [0.25, 0.3) is 5.91 Å². The van der Waals surface area contributed by atoms with Gasteiger partial charge in [0.15, 0.2) is 17.0 Å². The number of carbonyl (C=O) groups excluding carboxylic acids is 1. The zero-order chi connectivity index (χ0) is 25.0. The van der Waals surface area contributed by atoms with Gasteiger partial charge in [-0.3, -0.25) is 4.79 Å². The molecule has 184 valence electrons. The molecule has 6 rings (SSSR count). The minimum Gasteiger partial charge on any atom is -0.368 e. The number of fused-ring (bicyclic) bond motifs is 4. The molecule has 1 saturated heterocycles. The molecule has 2 aromatic carbocycles. The van der Waals surface area contributed by atoms with Crippen molar-refractivity contribution in [1.29, 1.82) is 0 Å². The van der Waals surface area contributed by atoms with E-state index in [1.165, 1.54) is 18.2 Å². The zero-order valence-corrected chi connectivity index (χ0v) is 19.1. The van der Waals surface area contributed by atoms with Gasteiger partial charge < -0.3 is 9.80 Å². The fourth-order valence-corrected chi connectivity index (χ4v) is 5.10. The third kappa shape index (κ3) is 3.77. The number of aromatic nitrogens is 3. The lowest BCUT2D eigenvalue weighted by molar-refractivity contribution is -0.143. The third-order valence-electron chi connectivity index (χ3n) is 6.86. The highest BCUT2D eigenvalue weighted by Crippen LogP contribution is 2.40. The Morgan fingerprint density at radius 2 is 1.64 bits per heavy atom. The molecule has 0 spiro atoms. The first-order valence-electron chi connectivity index (χ1n) is 11.7. The van der Waals surface area contributed by atoms with Crippen LogP contribution in [0, 0.1) is 5.82 Å². The topological polar surface area (TPSA) is 53.7 Å². The number of hydrogen-bond acceptors (Lipinski definition) is 4. The van der Waals surface area contributed by atoms with Crippen molar-refractivity contribution < 1.29 is 22.4 Å². The molecule has 0 atom stereocenters. The Bertz CT molecular complexity index is 1470. The maximum atomic E-state index is 14.3. The quantitative estimate of drug-likeness (QED) is 0.381. The monoisotopic (exact) mass is 495 g/mol. The average molecular weight is 495 g/mol. The van der Waals surface area contributed by atoms with Gasteiger partial charge in [0.05, 0.1) is 5.69 Å². The SMILES string of the molecule is O=C(c1cc2nc3c(c(C(F)(F)F)n2n1)CCc1ccccc1-3)N1CCN(c2ccc(F)cc2)CC1.